The van der Waals surface area contributed by atoms with Crippen LogP contribution in [0, 0.1) is 6.92 Å². The molecular formula is C20H23N3O2. The van der Waals surface area contributed by atoms with Gasteiger partial charge in [0.25, 0.3) is 0 Å². The van der Waals surface area contributed by atoms with Crippen molar-refractivity contribution < 1.29 is 9.59 Å². The van der Waals surface area contributed by atoms with E-state index in [4.69, 9.17) is 0 Å². The van der Waals surface area contributed by atoms with Crippen molar-refractivity contribution in [1.82, 2.24) is 0 Å². The van der Waals surface area contributed by atoms with Gasteiger partial charge in [-0.25, -0.2) is 0 Å². The van der Waals surface area contributed by atoms with Crippen molar-refractivity contribution in [3.63, 3.8) is 0 Å². The Bertz CT molecular complexity index is 754. The predicted octanol–water partition coefficient (Wildman–Crippen LogP) is 3.56. The standard InChI is InChI=1S/C20H23N3O2/c1-14-5-7-17(8-6-14)22-20(25)15(2)21-16-9-11-18(12-10-16)23-13-3-4-19(23)24/h5-12,15,21H,3-4,13H2,1-2H3,(H,22,25)/t15-/m1/s1. The molecule has 0 unspecified atom stereocenters. The Hall–Kier alpha value is -2.82. The Balaban J connectivity index is 1.58. The summed E-state index contributed by atoms with van der Waals surface area (Å²) in [6.07, 6.45) is 1.53. The normalized spacial score (nSPS) is 15.1. The Morgan fingerprint density at radius 2 is 1.68 bits per heavy atom. The van der Waals surface area contributed by atoms with Crippen molar-refractivity contribution in [2.75, 3.05) is 22.1 Å². The summed E-state index contributed by atoms with van der Waals surface area (Å²) in [5.41, 5.74) is 3.69. The second kappa shape index (κ2) is 7.38. The summed E-state index contributed by atoms with van der Waals surface area (Å²) in [4.78, 5) is 25.9. The van der Waals surface area contributed by atoms with Gasteiger partial charge in [-0.2, -0.15) is 0 Å². The minimum absolute atomic E-state index is 0.0948. The molecule has 3 rings (SSSR count). The molecule has 25 heavy (non-hydrogen) atoms. The quantitative estimate of drug-likeness (QED) is 0.877. The Kier molecular flexibility index (Phi) is 5.03. The van der Waals surface area contributed by atoms with Crippen molar-refractivity contribution in [3.05, 3.63) is 54.1 Å². The predicted molar refractivity (Wildman–Crippen MR) is 101 cm³/mol. The largest absolute Gasteiger partial charge is 0.374 e. The summed E-state index contributed by atoms with van der Waals surface area (Å²) < 4.78 is 0. The lowest BCUT2D eigenvalue weighted by atomic mass is 10.2. The summed E-state index contributed by atoms with van der Waals surface area (Å²) >= 11 is 0. The van der Waals surface area contributed by atoms with Crippen molar-refractivity contribution in [1.29, 1.82) is 0 Å². The van der Waals surface area contributed by atoms with Crippen LogP contribution in [0.2, 0.25) is 0 Å². The van der Waals surface area contributed by atoms with E-state index in [0.29, 0.717) is 6.42 Å². The van der Waals surface area contributed by atoms with Gasteiger partial charge in [0.2, 0.25) is 11.8 Å². The van der Waals surface area contributed by atoms with Gasteiger partial charge in [-0.15, -0.1) is 0 Å². The van der Waals surface area contributed by atoms with Crippen LogP contribution >= 0.6 is 0 Å². The van der Waals surface area contributed by atoms with E-state index in [9.17, 15) is 9.59 Å². The van der Waals surface area contributed by atoms with E-state index in [0.717, 1.165) is 35.6 Å². The molecule has 2 amide bonds. The summed E-state index contributed by atoms with van der Waals surface area (Å²) in [5, 5.41) is 6.08. The molecule has 0 aliphatic carbocycles. The first-order valence-corrected chi connectivity index (χ1v) is 8.57. The molecule has 5 heteroatoms. The van der Waals surface area contributed by atoms with E-state index >= 15 is 0 Å². The van der Waals surface area contributed by atoms with E-state index in [-0.39, 0.29) is 17.9 Å². The van der Waals surface area contributed by atoms with Gasteiger partial charge in [0.1, 0.15) is 6.04 Å². The van der Waals surface area contributed by atoms with Crippen LogP contribution in [-0.4, -0.2) is 24.4 Å². The zero-order valence-corrected chi connectivity index (χ0v) is 14.6. The maximum absolute atomic E-state index is 12.3. The lowest BCUT2D eigenvalue weighted by Crippen LogP contribution is -2.31. The van der Waals surface area contributed by atoms with Crippen molar-refractivity contribution in [3.8, 4) is 0 Å². The second-order valence-electron chi connectivity index (χ2n) is 6.42. The van der Waals surface area contributed by atoms with Crippen LogP contribution in [0.15, 0.2) is 48.5 Å². The fourth-order valence-corrected chi connectivity index (χ4v) is 2.86. The average molecular weight is 337 g/mol. The highest BCUT2D eigenvalue weighted by molar-refractivity contribution is 5.97. The van der Waals surface area contributed by atoms with Crippen LogP contribution in [-0.2, 0) is 9.59 Å². The molecule has 1 atom stereocenters. The van der Waals surface area contributed by atoms with E-state index < -0.39 is 0 Å². The number of hydrogen-bond donors (Lipinski definition) is 2. The van der Waals surface area contributed by atoms with Crippen LogP contribution in [0.3, 0.4) is 0 Å². The van der Waals surface area contributed by atoms with Crippen molar-refractivity contribution in [2.24, 2.45) is 0 Å². The minimum Gasteiger partial charge on any atom is -0.374 e. The number of carbonyl (C=O) groups is 2. The monoisotopic (exact) mass is 337 g/mol. The zero-order chi connectivity index (χ0) is 17.8. The Morgan fingerprint density at radius 3 is 2.28 bits per heavy atom. The molecule has 1 heterocycles. The van der Waals surface area contributed by atoms with Crippen LogP contribution in [0.5, 0.6) is 0 Å². The SMILES string of the molecule is Cc1ccc(NC(=O)[C@@H](C)Nc2ccc(N3CCCC3=O)cc2)cc1. The molecule has 0 bridgehead atoms. The number of nitrogens with zero attached hydrogens (tertiary/aromatic N) is 1. The zero-order valence-electron chi connectivity index (χ0n) is 14.6. The highest BCUT2D eigenvalue weighted by Gasteiger charge is 2.21. The maximum Gasteiger partial charge on any atom is 0.246 e. The molecule has 2 aromatic carbocycles. The molecule has 0 spiro atoms. The van der Waals surface area contributed by atoms with E-state index in [1.165, 1.54) is 0 Å². The number of nitrogens with one attached hydrogen (secondary N) is 2. The number of aryl methyl sites for hydroxylation is 1. The van der Waals surface area contributed by atoms with Gasteiger partial charge < -0.3 is 15.5 Å². The van der Waals surface area contributed by atoms with Gasteiger partial charge in [-0.3, -0.25) is 9.59 Å². The lowest BCUT2D eigenvalue weighted by molar-refractivity contribution is -0.117. The third-order valence-electron chi connectivity index (χ3n) is 4.35. The molecule has 0 aromatic heterocycles. The maximum atomic E-state index is 12.3. The first kappa shape index (κ1) is 17.0. The van der Waals surface area contributed by atoms with Crippen LogP contribution < -0.4 is 15.5 Å². The molecule has 5 nitrogen and oxygen atoms in total. The fourth-order valence-electron chi connectivity index (χ4n) is 2.86. The van der Waals surface area contributed by atoms with E-state index in [2.05, 4.69) is 10.6 Å². The van der Waals surface area contributed by atoms with Gasteiger partial charge in [0, 0.05) is 30.0 Å². The van der Waals surface area contributed by atoms with Gasteiger partial charge in [0.15, 0.2) is 0 Å². The first-order valence-electron chi connectivity index (χ1n) is 8.57. The number of benzene rings is 2. The molecule has 130 valence electrons. The molecule has 2 N–H and O–H groups in total. The highest BCUT2D eigenvalue weighted by atomic mass is 16.2. The van der Waals surface area contributed by atoms with Gasteiger partial charge in [-0.1, -0.05) is 17.7 Å². The van der Waals surface area contributed by atoms with E-state index in [1.807, 2.05) is 62.4 Å². The second-order valence-corrected chi connectivity index (χ2v) is 6.42. The van der Waals surface area contributed by atoms with Gasteiger partial charge >= 0.3 is 0 Å². The lowest BCUT2D eigenvalue weighted by Gasteiger charge is -2.18. The third-order valence-corrected chi connectivity index (χ3v) is 4.35. The van der Waals surface area contributed by atoms with Crippen LogP contribution in [0.1, 0.15) is 25.3 Å². The average Bonchev–Trinajstić information content (AvgIpc) is 3.03. The molecule has 0 saturated carbocycles. The number of carbonyl (C=O) groups excluding carboxylic acids is 2. The van der Waals surface area contributed by atoms with E-state index in [1.54, 1.807) is 4.90 Å². The molecule has 1 fully saturated rings. The van der Waals surface area contributed by atoms with Gasteiger partial charge in [0.05, 0.1) is 0 Å². The van der Waals surface area contributed by atoms with Crippen molar-refractivity contribution >= 4 is 28.9 Å². The molecular weight excluding hydrogens is 314 g/mol. The Labute approximate surface area is 148 Å². The molecule has 2 aromatic rings. The summed E-state index contributed by atoms with van der Waals surface area (Å²) in [6, 6.07) is 15.0. The number of rotatable bonds is 5. The third kappa shape index (κ3) is 4.18. The molecule has 0 radical (unpaired) electrons. The minimum atomic E-state index is -0.374. The molecule has 1 aliphatic rings. The van der Waals surface area contributed by atoms with Crippen molar-refractivity contribution in [2.45, 2.75) is 32.7 Å². The van der Waals surface area contributed by atoms with Crippen LogP contribution in [0.25, 0.3) is 0 Å². The smallest absolute Gasteiger partial charge is 0.246 e. The number of anilines is 3. The first-order chi connectivity index (χ1) is 12.0. The fraction of sp³-hybridized carbons (Fsp3) is 0.300. The topological polar surface area (TPSA) is 61.4 Å². The summed E-state index contributed by atoms with van der Waals surface area (Å²) in [6.45, 7) is 4.61. The molecule has 1 aliphatic heterocycles. The molecule has 1 saturated heterocycles. The van der Waals surface area contributed by atoms with Crippen LogP contribution in [0.4, 0.5) is 17.1 Å². The number of hydrogen-bond acceptors (Lipinski definition) is 3. The highest BCUT2D eigenvalue weighted by Crippen LogP contribution is 2.23. The Morgan fingerprint density at radius 1 is 1.04 bits per heavy atom. The van der Waals surface area contributed by atoms with Gasteiger partial charge in [-0.05, 0) is 56.7 Å². The summed E-state index contributed by atoms with van der Waals surface area (Å²) in [5.74, 6) is 0.0780. The number of amides is 2. The summed E-state index contributed by atoms with van der Waals surface area (Å²) in [7, 11) is 0.